The van der Waals surface area contributed by atoms with Crippen LogP contribution in [0, 0.1) is 0 Å². The van der Waals surface area contributed by atoms with Gasteiger partial charge in [0.05, 0.1) is 0 Å². The maximum Gasteiger partial charge on any atom is 0.0322 e. The number of hydrogen-bond acceptors (Lipinski definition) is 2. The van der Waals surface area contributed by atoms with Crippen LogP contribution in [0.4, 0.5) is 0 Å². The molecule has 14 heavy (non-hydrogen) atoms. The van der Waals surface area contributed by atoms with E-state index in [1.165, 1.54) is 10.5 Å². The van der Waals surface area contributed by atoms with E-state index < -0.39 is 0 Å². The molecule has 0 heterocycles. The lowest BCUT2D eigenvalue weighted by Crippen LogP contribution is -2.06. The normalized spacial score (nSPS) is 12.1. The van der Waals surface area contributed by atoms with Crippen molar-refractivity contribution in [2.24, 2.45) is 0 Å². The Kier molecular flexibility index (Phi) is 3.96. The van der Waals surface area contributed by atoms with Crippen molar-refractivity contribution >= 4 is 24.4 Å². The van der Waals surface area contributed by atoms with Gasteiger partial charge in [-0.2, -0.15) is 12.6 Å². The van der Waals surface area contributed by atoms with Crippen molar-refractivity contribution < 1.29 is 0 Å². The van der Waals surface area contributed by atoms with E-state index in [4.69, 9.17) is 0 Å². The molecule has 0 amide bonds. The zero-order valence-corrected chi connectivity index (χ0v) is 11.0. The fourth-order valence-corrected chi connectivity index (χ4v) is 2.20. The van der Waals surface area contributed by atoms with Crippen LogP contribution in [-0.4, -0.2) is 5.25 Å². The highest BCUT2D eigenvalue weighted by atomic mass is 32.2. The second-order valence-electron chi connectivity index (χ2n) is 4.25. The highest BCUT2D eigenvalue weighted by molar-refractivity contribution is 7.99. The SMILES string of the molecule is CC(C)Sc1ccc(C(C)(C)S)cc1. The predicted octanol–water partition coefficient (Wildman–Crippen LogP) is 4.35. The third-order valence-electron chi connectivity index (χ3n) is 1.93. The van der Waals surface area contributed by atoms with Crippen LogP contribution in [0.1, 0.15) is 33.3 Å². The third-order valence-corrected chi connectivity index (χ3v) is 3.21. The zero-order chi connectivity index (χ0) is 10.8. The van der Waals surface area contributed by atoms with Gasteiger partial charge in [-0.1, -0.05) is 26.0 Å². The molecule has 2 heteroatoms. The van der Waals surface area contributed by atoms with Gasteiger partial charge in [-0.05, 0) is 31.5 Å². The van der Waals surface area contributed by atoms with E-state index in [2.05, 4.69) is 64.6 Å². The summed E-state index contributed by atoms with van der Waals surface area (Å²) in [6, 6.07) is 8.69. The molecule has 0 spiro atoms. The standard InChI is InChI=1S/C12H18S2/c1-9(2)14-11-7-5-10(6-8-11)12(3,4)13/h5-9,13H,1-4H3. The molecule has 0 aliphatic rings. The first-order valence-electron chi connectivity index (χ1n) is 4.89. The Balaban J connectivity index is 2.79. The molecule has 0 bridgehead atoms. The molecule has 1 aromatic rings. The molecule has 0 saturated heterocycles. The van der Waals surface area contributed by atoms with Crippen LogP contribution in [0.2, 0.25) is 0 Å². The molecule has 0 aliphatic carbocycles. The van der Waals surface area contributed by atoms with E-state index in [1.54, 1.807) is 0 Å². The van der Waals surface area contributed by atoms with Crippen molar-refractivity contribution in [3.63, 3.8) is 0 Å². The van der Waals surface area contributed by atoms with Gasteiger partial charge in [0.25, 0.3) is 0 Å². The van der Waals surface area contributed by atoms with Crippen molar-refractivity contribution in [1.29, 1.82) is 0 Å². The number of hydrogen-bond donors (Lipinski definition) is 1. The minimum Gasteiger partial charge on any atom is -0.168 e. The van der Waals surface area contributed by atoms with E-state index in [9.17, 15) is 0 Å². The molecule has 0 atom stereocenters. The van der Waals surface area contributed by atoms with Crippen LogP contribution in [0.5, 0.6) is 0 Å². The average Bonchev–Trinajstić information content (AvgIpc) is 2.02. The molecule has 0 unspecified atom stereocenters. The topological polar surface area (TPSA) is 0 Å². The molecule has 0 aromatic heterocycles. The molecule has 0 fully saturated rings. The second kappa shape index (κ2) is 4.63. The smallest absolute Gasteiger partial charge is 0.0322 e. The quantitative estimate of drug-likeness (QED) is 0.590. The van der Waals surface area contributed by atoms with Gasteiger partial charge in [-0.15, -0.1) is 11.8 Å². The summed E-state index contributed by atoms with van der Waals surface area (Å²) in [5, 5.41) is 0.643. The van der Waals surface area contributed by atoms with Crippen molar-refractivity contribution in [1.82, 2.24) is 0 Å². The van der Waals surface area contributed by atoms with Gasteiger partial charge in [0.1, 0.15) is 0 Å². The highest BCUT2D eigenvalue weighted by Crippen LogP contribution is 2.29. The van der Waals surface area contributed by atoms with E-state index in [-0.39, 0.29) is 4.75 Å². The average molecular weight is 226 g/mol. The molecule has 78 valence electrons. The van der Waals surface area contributed by atoms with E-state index in [0.717, 1.165) is 0 Å². The van der Waals surface area contributed by atoms with Crippen LogP contribution in [-0.2, 0) is 4.75 Å². The first kappa shape index (κ1) is 12.0. The summed E-state index contributed by atoms with van der Waals surface area (Å²) in [5.41, 5.74) is 1.27. The number of benzene rings is 1. The van der Waals surface area contributed by atoms with Crippen LogP contribution >= 0.6 is 24.4 Å². The lowest BCUT2D eigenvalue weighted by atomic mass is 10.0. The highest BCUT2D eigenvalue weighted by Gasteiger charge is 2.13. The fraction of sp³-hybridized carbons (Fsp3) is 0.500. The molecule has 0 aliphatic heterocycles. The maximum atomic E-state index is 4.54. The van der Waals surface area contributed by atoms with E-state index in [0.29, 0.717) is 5.25 Å². The van der Waals surface area contributed by atoms with Gasteiger partial charge in [-0.3, -0.25) is 0 Å². The largest absolute Gasteiger partial charge is 0.168 e. The third kappa shape index (κ3) is 3.58. The Bertz CT molecular complexity index is 280. The van der Waals surface area contributed by atoms with Crippen molar-refractivity contribution in [3.05, 3.63) is 29.8 Å². The summed E-state index contributed by atoms with van der Waals surface area (Å²) in [6.45, 7) is 8.64. The van der Waals surface area contributed by atoms with Crippen molar-refractivity contribution in [3.8, 4) is 0 Å². The van der Waals surface area contributed by atoms with E-state index >= 15 is 0 Å². The molecule has 0 saturated carbocycles. The first-order chi connectivity index (χ1) is 6.39. The molecule has 0 radical (unpaired) electrons. The van der Waals surface area contributed by atoms with E-state index in [1.807, 2.05) is 11.8 Å². The Morgan fingerprint density at radius 2 is 1.64 bits per heavy atom. The van der Waals surface area contributed by atoms with Gasteiger partial charge in [0.15, 0.2) is 0 Å². The van der Waals surface area contributed by atoms with Gasteiger partial charge in [0, 0.05) is 14.9 Å². The van der Waals surface area contributed by atoms with Crippen molar-refractivity contribution in [2.75, 3.05) is 0 Å². The lowest BCUT2D eigenvalue weighted by molar-refractivity contribution is 0.790. The summed E-state index contributed by atoms with van der Waals surface area (Å²) in [7, 11) is 0. The minimum absolute atomic E-state index is 0.0406. The molecular formula is C12H18S2. The Hall–Kier alpha value is -0.0800. The summed E-state index contributed by atoms with van der Waals surface area (Å²) >= 11 is 6.43. The lowest BCUT2D eigenvalue weighted by Gasteiger charge is -2.18. The predicted molar refractivity (Wildman–Crippen MR) is 69.4 cm³/mol. The number of thioether (sulfide) groups is 1. The summed E-state index contributed by atoms with van der Waals surface area (Å²) in [6.07, 6.45) is 0. The summed E-state index contributed by atoms with van der Waals surface area (Å²) < 4.78 is -0.0406. The molecular weight excluding hydrogens is 208 g/mol. The van der Waals surface area contributed by atoms with Crippen LogP contribution in [0.3, 0.4) is 0 Å². The summed E-state index contributed by atoms with van der Waals surface area (Å²) in [5.74, 6) is 0. The second-order valence-corrected chi connectivity index (χ2v) is 7.02. The van der Waals surface area contributed by atoms with Crippen LogP contribution in [0.25, 0.3) is 0 Å². The Morgan fingerprint density at radius 1 is 1.14 bits per heavy atom. The zero-order valence-electron chi connectivity index (χ0n) is 9.24. The van der Waals surface area contributed by atoms with Gasteiger partial charge >= 0.3 is 0 Å². The molecule has 1 aromatic carbocycles. The van der Waals surface area contributed by atoms with Crippen LogP contribution < -0.4 is 0 Å². The molecule has 0 N–H and O–H groups in total. The maximum absolute atomic E-state index is 4.54. The van der Waals surface area contributed by atoms with Gasteiger partial charge < -0.3 is 0 Å². The fourth-order valence-electron chi connectivity index (χ4n) is 1.21. The summed E-state index contributed by atoms with van der Waals surface area (Å²) in [4.78, 5) is 1.33. The minimum atomic E-state index is -0.0406. The van der Waals surface area contributed by atoms with Crippen LogP contribution in [0.15, 0.2) is 29.2 Å². The Morgan fingerprint density at radius 3 is 2.00 bits per heavy atom. The number of thiol groups is 1. The van der Waals surface area contributed by atoms with Gasteiger partial charge in [0.2, 0.25) is 0 Å². The van der Waals surface area contributed by atoms with Gasteiger partial charge in [-0.25, -0.2) is 0 Å². The molecule has 1 rings (SSSR count). The first-order valence-corrected chi connectivity index (χ1v) is 6.22. The molecule has 0 nitrogen and oxygen atoms in total. The number of rotatable bonds is 3. The monoisotopic (exact) mass is 226 g/mol. The Labute approximate surface area is 96.9 Å². The van der Waals surface area contributed by atoms with Crippen molar-refractivity contribution in [2.45, 2.75) is 42.6 Å².